The number of fused-ring (bicyclic) bond motifs is 8. The van der Waals surface area contributed by atoms with E-state index in [2.05, 4.69) is 180 Å². The summed E-state index contributed by atoms with van der Waals surface area (Å²) in [7, 11) is 0. The van der Waals surface area contributed by atoms with Gasteiger partial charge in [0.15, 0.2) is 0 Å². The first kappa shape index (κ1) is 30.3. The van der Waals surface area contributed by atoms with E-state index in [1.54, 1.807) is 0 Å². The fraction of sp³-hybridized carbons (Fsp3) is 0.0769. The second kappa shape index (κ2) is 9.78. The van der Waals surface area contributed by atoms with Crippen LogP contribution in [-0.2, 0) is 0 Å². The minimum absolute atomic E-state index is 0.0794. The summed E-state index contributed by atoms with van der Waals surface area (Å²) < 4.78 is 5.27. The molecule has 7 heterocycles. The minimum atomic E-state index is 0.0794. The Balaban J connectivity index is 1.20. The quantitative estimate of drug-likeness (QED) is 0.165. The molecule has 10 aromatic rings. The zero-order chi connectivity index (χ0) is 38.0. The van der Waals surface area contributed by atoms with Crippen LogP contribution in [-0.4, -0.2) is 22.6 Å². The van der Waals surface area contributed by atoms with E-state index in [-0.39, 0.29) is 13.4 Å². The molecule has 0 amide bonds. The minimum Gasteiger partial charge on any atom is -0.311 e. The molecule has 5 aliphatic heterocycles. The van der Waals surface area contributed by atoms with Gasteiger partial charge in [-0.25, -0.2) is 0 Å². The predicted molar refractivity (Wildman–Crippen MR) is 246 cm³/mol. The first-order valence-corrected chi connectivity index (χ1v) is 20.7. The maximum absolute atomic E-state index is 2.64. The van der Waals surface area contributed by atoms with Crippen molar-refractivity contribution in [2.45, 2.75) is 27.7 Å². The highest BCUT2D eigenvalue weighted by molar-refractivity contribution is 7.15. The number of anilines is 6. The van der Waals surface area contributed by atoms with Crippen molar-refractivity contribution in [1.29, 1.82) is 0 Å². The molecule has 268 valence electrons. The summed E-state index contributed by atoms with van der Waals surface area (Å²) in [4.78, 5) is 5.17. The highest BCUT2D eigenvalue weighted by atomic mass is 15.2. The smallest absolute Gasteiger partial charge is 0.251 e. The Bertz CT molecular complexity index is 3390. The van der Waals surface area contributed by atoms with Gasteiger partial charge in [0.2, 0.25) is 0 Å². The van der Waals surface area contributed by atoms with E-state index in [4.69, 9.17) is 0 Å². The van der Waals surface area contributed by atoms with Crippen LogP contribution >= 0.6 is 0 Å². The molecule has 0 saturated carbocycles. The van der Waals surface area contributed by atoms with E-state index in [0.717, 1.165) is 0 Å². The number of hydrogen-bond donors (Lipinski definition) is 0. The monoisotopic (exact) mass is 736 g/mol. The van der Waals surface area contributed by atoms with Gasteiger partial charge in [-0.3, -0.25) is 0 Å². The average molecular weight is 736 g/mol. The molecule has 8 aromatic carbocycles. The first-order chi connectivity index (χ1) is 28.4. The summed E-state index contributed by atoms with van der Waals surface area (Å²) in [6.45, 7) is 8.98. The zero-order valence-electron chi connectivity index (χ0n) is 32.6. The molecule has 6 heteroatoms. The predicted octanol–water partition coefficient (Wildman–Crippen LogP) is 8.65. The lowest BCUT2D eigenvalue weighted by molar-refractivity contribution is 1.15. The molecule has 0 bridgehead atoms. The van der Waals surface area contributed by atoms with Crippen molar-refractivity contribution in [2.24, 2.45) is 0 Å². The van der Waals surface area contributed by atoms with Gasteiger partial charge in [-0.05, 0) is 145 Å². The lowest BCUT2D eigenvalue weighted by Gasteiger charge is -2.50. The Morgan fingerprint density at radius 1 is 0.310 bits per heavy atom. The van der Waals surface area contributed by atoms with Gasteiger partial charge in [-0.1, -0.05) is 70.8 Å². The molecule has 15 rings (SSSR count). The molecule has 0 saturated heterocycles. The van der Waals surface area contributed by atoms with Crippen molar-refractivity contribution in [3.8, 4) is 11.4 Å². The third-order valence-electron chi connectivity index (χ3n) is 14.4. The fourth-order valence-corrected chi connectivity index (χ4v) is 12.2. The van der Waals surface area contributed by atoms with Crippen LogP contribution in [0.25, 0.3) is 55.0 Å². The van der Waals surface area contributed by atoms with Crippen molar-refractivity contribution < 1.29 is 0 Å². The molecular weight excluding hydrogens is 702 g/mol. The Morgan fingerprint density at radius 2 is 0.655 bits per heavy atom. The molecule has 58 heavy (non-hydrogen) atoms. The molecule has 0 fully saturated rings. The summed E-state index contributed by atoms with van der Waals surface area (Å²) in [5, 5.41) is 5.33. The molecule has 0 unspecified atom stereocenters. The van der Waals surface area contributed by atoms with Crippen LogP contribution in [0.2, 0.25) is 0 Å². The van der Waals surface area contributed by atoms with Crippen molar-refractivity contribution in [1.82, 2.24) is 9.13 Å². The molecule has 0 atom stereocenters. The summed E-state index contributed by atoms with van der Waals surface area (Å²) in [6, 6.07) is 51.9. The van der Waals surface area contributed by atoms with Gasteiger partial charge in [0.1, 0.15) is 0 Å². The van der Waals surface area contributed by atoms with Crippen LogP contribution in [0.1, 0.15) is 22.3 Å². The number of nitrogens with zero attached hydrogens (tertiary/aromatic N) is 4. The Morgan fingerprint density at radius 3 is 1.09 bits per heavy atom. The van der Waals surface area contributed by atoms with Crippen molar-refractivity contribution in [3.63, 3.8) is 0 Å². The number of hydrogen-bond acceptors (Lipinski definition) is 2. The number of aryl methyl sites for hydroxylation is 4. The van der Waals surface area contributed by atoms with E-state index in [1.807, 2.05) is 0 Å². The Hall–Kier alpha value is -6.91. The average Bonchev–Trinajstić information content (AvgIpc) is 3.75. The van der Waals surface area contributed by atoms with Gasteiger partial charge < -0.3 is 18.9 Å². The molecule has 0 N–H and O–H groups in total. The maximum atomic E-state index is 2.64. The van der Waals surface area contributed by atoms with Crippen LogP contribution in [0.3, 0.4) is 0 Å². The molecule has 0 radical (unpaired) electrons. The largest absolute Gasteiger partial charge is 0.311 e. The fourth-order valence-electron chi connectivity index (χ4n) is 12.2. The SMILES string of the molecule is Cc1ccc(N2c3ccc4c5c3B3c6c(ccc7c6B5c5c(ccc6c8cc(C)ccc8n-7c56)N4c4ccc(C)cc4)-n4c5ccc(C)cc5c5ccc2c3c54)cc1. The zero-order valence-corrected chi connectivity index (χ0v) is 32.6. The molecule has 0 spiro atoms. The van der Waals surface area contributed by atoms with Crippen LogP contribution in [0, 0.1) is 27.7 Å². The number of rotatable bonds is 2. The first-order valence-electron chi connectivity index (χ1n) is 20.7. The van der Waals surface area contributed by atoms with Gasteiger partial charge in [0.05, 0.1) is 22.1 Å². The third-order valence-corrected chi connectivity index (χ3v) is 14.4. The lowest BCUT2D eigenvalue weighted by Crippen LogP contribution is -2.80. The van der Waals surface area contributed by atoms with Crippen LogP contribution in [0.4, 0.5) is 34.1 Å². The highest BCUT2D eigenvalue weighted by Crippen LogP contribution is 2.48. The Kier molecular flexibility index (Phi) is 5.10. The van der Waals surface area contributed by atoms with E-state index in [1.165, 1.54) is 144 Å². The van der Waals surface area contributed by atoms with Gasteiger partial charge in [0, 0.05) is 67.0 Å². The number of aromatic nitrogens is 2. The topological polar surface area (TPSA) is 16.3 Å². The van der Waals surface area contributed by atoms with Crippen molar-refractivity contribution in [2.75, 3.05) is 9.80 Å². The van der Waals surface area contributed by atoms with Crippen LogP contribution in [0.5, 0.6) is 0 Å². The second-order valence-corrected chi connectivity index (χ2v) is 17.6. The second-order valence-electron chi connectivity index (χ2n) is 17.6. The maximum Gasteiger partial charge on any atom is 0.251 e. The molecule has 0 aliphatic carbocycles. The molecule has 2 aromatic heterocycles. The van der Waals surface area contributed by atoms with E-state index < -0.39 is 0 Å². The molecule has 4 nitrogen and oxygen atoms in total. The summed E-state index contributed by atoms with van der Waals surface area (Å²) >= 11 is 0. The van der Waals surface area contributed by atoms with Gasteiger partial charge in [0.25, 0.3) is 13.4 Å². The molecular formula is C52H34B2N4. The third kappa shape index (κ3) is 3.24. The van der Waals surface area contributed by atoms with Crippen LogP contribution in [0.15, 0.2) is 133 Å². The van der Waals surface area contributed by atoms with E-state index in [0.29, 0.717) is 0 Å². The number of benzene rings is 8. The summed E-state index contributed by atoms with van der Waals surface area (Å²) in [5.74, 6) is 0. The standard InChI is InChI=1S/C52H34B2N4/c1-27-5-11-31(12-6-27)55-39-21-22-40-46-45(39)53-47-41(57-37-17-9-29(3)25-35(37)33-15-19-43(55)49(53)51(33)57)23-24-42-48(47)54(46)50-44(56(40)32-13-7-28(2)8-14-32)20-16-34-36-26-30(4)10-18-38(36)58(42)52(34)50/h5-26H,1-4H3. The summed E-state index contributed by atoms with van der Waals surface area (Å²) in [6.07, 6.45) is 0. The van der Waals surface area contributed by atoms with Gasteiger partial charge in [-0.15, -0.1) is 0 Å². The van der Waals surface area contributed by atoms with Crippen molar-refractivity contribution in [3.05, 3.63) is 156 Å². The normalized spacial score (nSPS) is 14.4. The Labute approximate surface area is 336 Å². The highest BCUT2D eigenvalue weighted by Gasteiger charge is 2.55. The lowest BCUT2D eigenvalue weighted by atomic mass is 9.18. The van der Waals surface area contributed by atoms with Crippen molar-refractivity contribution >= 4 is 124 Å². The van der Waals surface area contributed by atoms with E-state index in [9.17, 15) is 0 Å². The van der Waals surface area contributed by atoms with Gasteiger partial charge >= 0.3 is 0 Å². The van der Waals surface area contributed by atoms with Gasteiger partial charge in [-0.2, -0.15) is 0 Å². The molecule has 5 aliphatic rings. The van der Waals surface area contributed by atoms with Crippen LogP contribution < -0.4 is 42.6 Å². The summed E-state index contributed by atoms with van der Waals surface area (Å²) in [5.41, 5.74) is 29.3. The van der Waals surface area contributed by atoms with E-state index >= 15 is 0 Å².